The van der Waals surface area contributed by atoms with Gasteiger partial charge in [0.05, 0.1) is 6.04 Å². The van der Waals surface area contributed by atoms with Gasteiger partial charge < -0.3 is 10.4 Å². The van der Waals surface area contributed by atoms with Crippen LogP contribution in [-0.4, -0.2) is 11.0 Å². The molecule has 1 heterocycles. The molecule has 18 heavy (non-hydrogen) atoms. The van der Waals surface area contributed by atoms with Crippen LogP contribution in [0.3, 0.4) is 0 Å². The van der Waals surface area contributed by atoms with Crippen molar-refractivity contribution in [1.29, 1.82) is 0 Å². The number of hydrogen-bond acceptors (Lipinski definition) is 3. The number of phenolic OH excluding ortho intramolecular Hbond substituents is 1. The van der Waals surface area contributed by atoms with Crippen molar-refractivity contribution in [3.63, 3.8) is 0 Å². The lowest BCUT2D eigenvalue weighted by molar-refractivity contribution is 0.0933. The van der Waals surface area contributed by atoms with Crippen molar-refractivity contribution in [1.82, 2.24) is 5.32 Å². The molecule has 0 fully saturated rings. The average molecular weight is 265 g/mol. The zero-order valence-corrected chi connectivity index (χ0v) is 10.5. The summed E-state index contributed by atoms with van der Waals surface area (Å²) < 4.78 is 13.5. The largest absolute Gasteiger partial charge is 0.507 e. The first-order chi connectivity index (χ1) is 8.59. The van der Waals surface area contributed by atoms with Gasteiger partial charge in [0.25, 0.3) is 5.91 Å². The van der Waals surface area contributed by atoms with Gasteiger partial charge in [-0.2, -0.15) is 0 Å². The van der Waals surface area contributed by atoms with Gasteiger partial charge in [-0.25, -0.2) is 4.39 Å². The smallest absolute Gasteiger partial charge is 0.258 e. The molecule has 0 saturated carbocycles. The average Bonchev–Trinajstić information content (AvgIpc) is 2.81. The predicted molar refractivity (Wildman–Crippen MR) is 68.3 cm³/mol. The second-order valence-electron chi connectivity index (χ2n) is 3.84. The van der Waals surface area contributed by atoms with Gasteiger partial charge in [-0.3, -0.25) is 4.79 Å². The van der Waals surface area contributed by atoms with Crippen LogP contribution >= 0.6 is 11.3 Å². The molecule has 0 spiro atoms. The second-order valence-corrected chi connectivity index (χ2v) is 4.82. The number of amides is 1. The van der Waals surface area contributed by atoms with Crippen LogP contribution in [0.5, 0.6) is 5.75 Å². The molecular formula is C13H12FNO2S. The highest BCUT2D eigenvalue weighted by atomic mass is 32.1. The fraction of sp³-hybridized carbons (Fsp3) is 0.154. The number of benzene rings is 1. The number of hydrogen-bond donors (Lipinski definition) is 2. The molecule has 0 aliphatic rings. The van der Waals surface area contributed by atoms with Gasteiger partial charge in [0.15, 0.2) is 0 Å². The Morgan fingerprint density at radius 2 is 2.17 bits per heavy atom. The Bertz CT molecular complexity index is 534. The molecule has 2 N–H and O–H groups in total. The number of halogens is 1. The summed E-state index contributed by atoms with van der Waals surface area (Å²) in [5, 5.41) is 14.1. The quantitative estimate of drug-likeness (QED) is 0.896. The summed E-state index contributed by atoms with van der Waals surface area (Å²) in [5.74, 6) is -1.71. The minimum Gasteiger partial charge on any atom is -0.507 e. The van der Waals surface area contributed by atoms with Crippen LogP contribution in [0.1, 0.15) is 28.2 Å². The lowest BCUT2D eigenvalue weighted by Crippen LogP contribution is -2.27. The van der Waals surface area contributed by atoms with Gasteiger partial charge in [-0.05, 0) is 30.5 Å². The molecule has 0 aliphatic carbocycles. The number of aromatic hydroxyl groups is 1. The molecule has 0 radical (unpaired) electrons. The monoisotopic (exact) mass is 265 g/mol. The van der Waals surface area contributed by atoms with Crippen LogP contribution in [0, 0.1) is 5.82 Å². The van der Waals surface area contributed by atoms with Crippen LogP contribution in [0.25, 0.3) is 0 Å². The van der Waals surface area contributed by atoms with Crippen molar-refractivity contribution >= 4 is 17.2 Å². The SMILES string of the molecule is CC(NC(=O)c1c(O)cccc1F)c1cccs1. The van der Waals surface area contributed by atoms with Crippen LogP contribution in [0.4, 0.5) is 4.39 Å². The lowest BCUT2D eigenvalue weighted by Gasteiger charge is -2.13. The van der Waals surface area contributed by atoms with Crippen molar-refractivity contribution in [2.24, 2.45) is 0 Å². The van der Waals surface area contributed by atoms with E-state index in [1.54, 1.807) is 0 Å². The Morgan fingerprint density at radius 3 is 2.78 bits per heavy atom. The van der Waals surface area contributed by atoms with Crippen molar-refractivity contribution in [2.75, 3.05) is 0 Å². The number of thiophene rings is 1. The molecule has 2 aromatic rings. The molecule has 1 aromatic heterocycles. The highest BCUT2D eigenvalue weighted by Gasteiger charge is 2.18. The highest BCUT2D eigenvalue weighted by molar-refractivity contribution is 7.10. The standard InChI is InChI=1S/C13H12FNO2S/c1-8(11-6-3-7-18-11)15-13(17)12-9(14)4-2-5-10(12)16/h2-8,16H,1H3,(H,15,17). The van der Waals surface area contributed by atoms with Gasteiger partial charge in [-0.15, -0.1) is 11.3 Å². The molecule has 0 aliphatic heterocycles. The summed E-state index contributed by atoms with van der Waals surface area (Å²) in [6.07, 6.45) is 0. The van der Waals surface area contributed by atoms with E-state index in [1.165, 1.54) is 23.5 Å². The van der Waals surface area contributed by atoms with Crippen molar-refractivity contribution in [3.8, 4) is 5.75 Å². The van der Waals surface area contributed by atoms with E-state index in [0.717, 1.165) is 10.9 Å². The fourth-order valence-corrected chi connectivity index (χ4v) is 2.35. The molecule has 0 saturated heterocycles. The zero-order valence-electron chi connectivity index (χ0n) is 9.68. The third kappa shape index (κ3) is 2.51. The van der Waals surface area contributed by atoms with Crippen molar-refractivity contribution in [2.45, 2.75) is 13.0 Å². The molecule has 1 atom stereocenters. The molecule has 5 heteroatoms. The van der Waals surface area contributed by atoms with Crippen LogP contribution < -0.4 is 5.32 Å². The van der Waals surface area contributed by atoms with Gasteiger partial charge >= 0.3 is 0 Å². The topological polar surface area (TPSA) is 49.3 Å². The summed E-state index contributed by atoms with van der Waals surface area (Å²) in [5.41, 5.74) is -0.319. The van der Waals surface area contributed by atoms with Crippen LogP contribution in [-0.2, 0) is 0 Å². The maximum absolute atomic E-state index is 13.5. The summed E-state index contributed by atoms with van der Waals surface area (Å²) in [6, 6.07) is 7.32. The molecule has 3 nitrogen and oxygen atoms in total. The summed E-state index contributed by atoms with van der Waals surface area (Å²) in [4.78, 5) is 12.9. The minimum absolute atomic E-state index is 0.225. The molecule has 1 amide bonds. The van der Waals surface area contributed by atoms with Crippen molar-refractivity contribution in [3.05, 3.63) is 52.0 Å². The van der Waals surface area contributed by atoms with E-state index in [4.69, 9.17) is 0 Å². The molecule has 1 aromatic carbocycles. The van der Waals surface area contributed by atoms with E-state index in [1.807, 2.05) is 24.4 Å². The van der Waals surface area contributed by atoms with Gasteiger partial charge in [-0.1, -0.05) is 12.1 Å². The van der Waals surface area contributed by atoms with E-state index in [-0.39, 0.29) is 17.4 Å². The second kappa shape index (κ2) is 5.18. The van der Waals surface area contributed by atoms with Crippen molar-refractivity contribution < 1.29 is 14.3 Å². The molecule has 0 bridgehead atoms. The maximum Gasteiger partial charge on any atom is 0.258 e. The summed E-state index contributed by atoms with van der Waals surface area (Å²) in [7, 11) is 0. The van der Waals surface area contributed by atoms with E-state index >= 15 is 0 Å². The number of carbonyl (C=O) groups excluding carboxylic acids is 1. The Balaban J connectivity index is 2.18. The first-order valence-corrected chi connectivity index (χ1v) is 6.29. The van der Waals surface area contributed by atoms with E-state index in [2.05, 4.69) is 5.32 Å². The Morgan fingerprint density at radius 1 is 1.39 bits per heavy atom. The first kappa shape index (κ1) is 12.6. The van der Waals surface area contributed by atoms with Crippen LogP contribution in [0.2, 0.25) is 0 Å². The van der Waals surface area contributed by atoms with E-state index in [0.29, 0.717) is 0 Å². The summed E-state index contributed by atoms with van der Waals surface area (Å²) >= 11 is 1.51. The van der Waals surface area contributed by atoms with Gasteiger partial charge in [0, 0.05) is 4.88 Å². The minimum atomic E-state index is -0.731. The number of carbonyl (C=O) groups is 1. The Hall–Kier alpha value is -1.88. The summed E-state index contributed by atoms with van der Waals surface area (Å²) in [6.45, 7) is 1.81. The molecular weight excluding hydrogens is 253 g/mol. The zero-order chi connectivity index (χ0) is 13.1. The first-order valence-electron chi connectivity index (χ1n) is 5.41. The maximum atomic E-state index is 13.5. The number of phenols is 1. The third-order valence-electron chi connectivity index (χ3n) is 2.54. The molecule has 2 rings (SSSR count). The Kier molecular flexibility index (Phi) is 3.62. The molecule has 1 unspecified atom stereocenters. The van der Waals surface area contributed by atoms with E-state index < -0.39 is 11.7 Å². The highest BCUT2D eigenvalue weighted by Crippen LogP contribution is 2.22. The Labute approximate surface area is 108 Å². The lowest BCUT2D eigenvalue weighted by atomic mass is 10.1. The third-order valence-corrected chi connectivity index (χ3v) is 3.59. The molecule has 94 valence electrons. The number of rotatable bonds is 3. The number of nitrogens with one attached hydrogen (secondary N) is 1. The normalized spacial score (nSPS) is 12.1. The van der Waals surface area contributed by atoms with Gasteiger partial charge in [0.2, 0.25) is 0 Å². The van der Waals surface area contributed by atoms with E-state index in [9.17, 15) is 14.3 Å². The fourth-order valence-electron chi connectivity index (χ4n) is 1.62. The van der Waals surface area contributed by atoms with Gasteiger partial charge in [0.1, 0.15) is 17.1 Å². The predicted octanol–water partition coefficient (Wildman–Crippen LogP) is 3.08. The van der Waals surface area contributed by atoms with Crippen LogP contribution in [0.15, 0.2) is 35.7 Å².